The Labute approximate surface area is 164 Å². The van der Waals surface area contributed by atoms with E-state index in [-0.39, 0.29) is 43.6 Å². The summed E-state index contributed by atoms with van der Waals surface area (Å²) in [5, 5.41) is 0. The van der Waals surface area contributed by atoms with Gasteiger partial charge in [-0.25, -0.2) is 12.8 Å². The van der Waals surface area contributed by atoms with Gasteiger partial charge in [0.15, 0.2) is 6.61 Å². The van der Waals surface area contributed by atoms with Crippen LogP contribution in [0.1, 0.15) is 0 Å². The number of pyridine rings is 1. The van der Waals surface area contributed by atoms with Crippen molar-refractivity contribution in [3.05, 3.63) is 53.0 Å². The topological polar surface area (TPSA) is 79.8 Å². The first-order chi connectivity index (χ1) is 12.9. The number of halogens is 2. The van der Waals surface area contributed by atoms with Crippen LogP contribution in [-0.4, -0.2) is 61.3 Å². The number of amides is 1. The Morgan fingerprint density at radius 1 is 1.22 bits per heavy atom. The molecule has 1 aliphatic rings. The first kappa shape index (κ1) is 19.7. The van der Waals surface area contributed by atoms with E-state index in [0.29, 0.717) is 10.2 Å². The normalized spacial score (nSPS) is 15.6. The SMILES string of the molecule is O=C(COc1ccc(F)cc1Br)N1CCN(S(=O)(=O)c2cccnc2)CC1. The molecule has 1 aromatic carbocycles. The molecule has 7 nitrogen and oxygen atoms in total. The average molecular weight is 458 g/mol. The van der Waals surface area contributed by atoms with Gasteiger partial charge in [-0.05, 0) is 46.3 Å². The molecule has 144 valence electrons. The molecule has 1 amide bonds. The first-order valence-corrected chi connectivity index (χ1v) is 10.4. The van der Waals surface area contributed by atoms with Crippen LogP contribution in [0.4, 0.5) is 4.39 Å². The highest BCUT2D eigenvalue weighted by molar-refractivity contribution is 9.10. The number of carbonyl (C=O) groups excluding carboxylic acids is 1. The number of carbonyl (C=O) groups is 1. The third-order valence-electron chi connectivity index (χ3n) is 4.11. The number of benzene rings is 1. The molecule has 0 radical (unpaired) electrons. The van der Waals surface area contributed by atoms with Crippen molar-refractivity contribution in [2.75, 3.05) is 32.8 Å². The van der Waals surface area contributed by atoms with Gasteiger partial charge in [-0.2, -0.15) is 4.31 Å². The van der Waals surface area contributed by atoms with Crippen LogP contribution >= 0.6 is 15.9 Å². The van der Waals surface area contributed by atoms with Gasteiger partial charge in [0.25, 0.3) is 5.91 Å². The first-order valence-electron chi connectivity index (χ1n) is 8.14. The summed E-state index contributed by atoms with van der Waals surface area (Å²) in [4.78, 5) is 17.8. The van der Waals surface area contributed by atoms with Crippen LogP contribution in [0.3, 0.4) is 0 Å². The molecule has 0 aliphatic carbocycles. The summed E-state index contributed by atoms with van der Waals surface area (Å²) < 4.78 is 45.4. The molecule has 3 rings (SSSR count). The monoisotopic (exact) mass is 457 g/mol. The molecule has 1 aromatic heterocycles. The molecule has 27 heavy (non-hydrogen) atoms. The highest BCUT2D eigenvalue weighted by atomic mass is 79.9. The van der Waals surface area contributed by atoms with Gasteiger partial charge in [-0.15, -0.1) is 0 Å². The molecule has 0 bridgehead atoms. The highest BCUT2D eigenvalue weighted by Crippen LogP contribution is 2.25. The molecule has 0 atom stereocenters. The van der Waals surface area contributed by atoms with Crippen molar-refractivity contribution in [1.82, 2.24) is 14.2 Å². The number of hydrogen-bond acceptors (Lipinski definition) is 5. The van der Waals surface area contributed by atoms with Crippen molar-refractivity contribution in [2.45, 2.75) is 4.90 Å². The number of sulfonamides is 1. The van der Waals surface area contributed by atoms with Gasteiger partial charge in [-0.3, -0.25) is 9.78 Å². The Hall–Kier alpha value is -2.04. The van der Waals surface area contributed by atoms with E-state index in [1.807, 2.05) is 0 Å². The standard InChI is InChI=1S/C17H17BrFN3O4S/c18-15-10-13(19)3-4-16(15)26-12-17(23)21-6-8-22(9-7-21)27(24,25)14-2-1-5-20-11-14/h1-5,10-11H,6-9,12H2. The van der Waals surface area contributed by atoms with E-state index in [4.69, 9.17) is 4.74 Å². The van der Waals surface area contributed by atoms with Gasteiger partial charge in [0.05, 0.1) is 4.47 Å². The summed E-state index contributed by atoms with van der Waals surface area (Å²) in [5.41, 5.74) is 0. The zero-order valence-electron chi connectivity index (χ0n) is 14.2. The predicted octanol–water partition coefficient (Wildman–Crippen LogP) is 1.90. The largest absolute Gasteiger partial charge is 0.483 e. The minimum atomic E-state index is -3.62. The van der Waals surface area contributed by atoms with Gasteiger partial charge in [0.2, 0.25) is 10.0 Å². The third-order valence-corrected chi connectivity index (χ3v) is 6.61. The maximum atomic E-state index is 13.1. The number of piperazine rings is 1. The van der Waals surface area contributed by atoms with Crippen molar-refractivity contribution in [3.63, 3.8) is 0 Å². The maximum Gasteiger partial charge on any atom is 0.260 e. The van der Waals surface area contributed by atoms with Crippen molar-refractivity contribution < 1.29 is 22.3 Å². The molecule has 1 fully saturated rings. The van der Waals surface area contributed by atoms with E-state index in [1.54, 1.807) is 11.0 Å². The molecular weight excluding hydrogens is 441 g/mol. The predicted molar refractivity (Wildman–Crippen MR) is 99.2 cm³/mol. The van der Waals surface area contributed by atoms with Gasteiger partial charge in [-0.1, -0.05) is 0 Å². The highest BCUT2D eigenvalue weighted by Gasteiger charge is 2.30. The molecule has 2 heterocycles. The van der Waals surface area contributed by atoms with Crippen LogP contribution < -0.4 is 4.74 Å². The minimum absolute atomic E-state index is 0.134. The Morgan fingerprint density at radius 3 is 2.59 bits per heavy atom. The lowest BCUT2D eigenvalue weighted by Crippen LogP contribution is -2.51. The second-order valence-corrected chi connectivity index (χ2v) is 8.63. The summed E-state index contributed by atoms with van der Waals surface area (Å²) in [6.07, 6.45) is 2.82. The van der Waals surface area contributed by atoms with Crippen LogP contribution in [-0.2, 0) is 14.8 Å². The molecule has 0 N–H and O–H groups in total. The zero-order chi connectivity index (χ0) is 19.4. The maximum absolute atomic E-state index is 13.1. The Balaban J connectivity index is 1.55. The number of aromatic nitrogens is 1. The molecular formula is C17H17BrFN3O4S. The van der Waals surface area contributed by atoms with Crippen molar-refractivity contribution in [3.8, 4) is 5.75 Å². The van der Waals surface area contributed by atoms with E-state index < -0.39 is 15.8 Å². The summed E-state index contributed by atoms with van der Waals surface area (Å²) in [6, 6.07) is 6.99. The third kappa shape index (κ3) is 4.63. The zero-order valence-corrected chi connectivity index (χ0v) is 16.6. The Kier molecular flexibility index (Phi) is 6.08. The van der Waals surface area contributed by atoms with Gasteiger partial charge in [0.1, 0.15) is 16.5 Å². The van der Waals surface area contributed by atoms with E-state index in [2.05, 4.69) is 20.9 Å². The minimum Gasteiger partial charge on any atom is -0.483 e. The smallest absolute Gasteiger partial charge is 0.260 e. The second kappa shape index (κ2) is 8.32. The van der Waals surface area contributed by atoms with Crippen LogP contribution in [0.5, 0.6) is 5.75 Å². The van der Waals surface area contributed by atoms with Crippen LogP contribution in [0, 0.1) is 5.82 Å². The quantitative estimate of drug-likeness (QED) is 0.684. The lowest BCUT2D eigenvalue weighted by Gasteiger charge is -2.33. The summed E-state index contributed by atoms with van der Waals surface area (Å²) in [7, 11) is -3.62. The number of hydrogen-bond donors (Lipinski definition) is 0. The van der Waals surface area contributed by atoms with Gasteiger partial charge < -0.3 is 9.64 Å². The summed E-state index contributed by atoms with van der Waals surface area (Å²) in [5.74, 6) is -0.307. The van der Waals surface area contributed by atoms with E-state index in [0.717, 1.165) is 0 Å². The Bertz CT molecular complexity index is 919. The summed E-state index contributed by atoms with van der Waals surface area (Å²) in [6.45, 7) is 0.727. The van der Waals surface area contributed by atoms with Crippen LogP contribution in [0.2, 0.25) is 0 Å². The fraction of sp³-hybridized carbons (Fsp3) is 0.294. The molecule has 0 unspecified atom stereocenters. The molecule has 1 saturated heterocycles. The van der Waals surface area contributed by atoms with Crippen molar-refractivity contribution in [2.24, 2.45) is 0 Å². The van der Waals surface area contributed by atoms with Crippen molar-refractivity contribution in [1.29, 1.82) is 0 Å². The number of nitrogens with zero attached hydrogens (tertiary/aromatic N) is 3. The molecule has 0 saturated carbocycles. The van der Waals surface area contributed by atoms with Crippen molar-refractivity contribution >= 4 is 31.9 Å². The second-order valence-electron chi connectivity index (χ2n) is 5.84. The van der Waals surface area contributed by atoms with Gasteiger partial charge >= 0.3 is 0 Å². The lowest BCUT2D eigenvalue weighted by atomic mass is 10.3. The van der Waals surface area contributed by atoms with E-state index in [9.17, 15) is 17.6 Å². The summed E-state index contributed by atoms with van der Waals surface area (Å²) >= 11 is 3.18. The van der Waals surface area contributed by atoms with Crippen LogP contribution in [0.15, 0.2) is 52.1 Å². The van der Waals surface area contributed by atoms with E-state index in [1.165, 1.54) is 41.0 Å². The molecule has 1 aliphatic heterocycles. The molecule has 10 heteroatoms. The average Bonchev–Trinajstić information content (AvgIpc) is 2.68. The lowest BCUT2D eigenvalue weighted by molar-refractivity contribution is -0.134. The molecule has 0 spiro atoms. The Morgan fingerprint density at radius 2 is 1.96 bits per heavy atom. The van der Waals surface area contributed by atoms with E-state index >= 15 is 0 Å². The van der Waals surface area contributed by atoms with Crippen LogP contribution in [0.25, 0.3) is 0 Å². The fourth-order valence-electron chi connectivity index (χ4n) is 2.65. The van der Waals surface area contributed by atoms with Gasteiger partial charge in [0, 0.05) is 38.6 Å². The number of rotatable bonds is 5. The number of ether oxygens (including phenoxy) is 1. The molecule has 2 aromatic rings. The fourth-order valence-corrected chi connectivity index (χ4v) is 4.50.